The van der Waals surface area contributed by atoms with Gasteiger partial charge in [0.1, 0.15) is 18.3 Å². The highest BCUT2D eigenvalue weighted by molar-refractivity contribution is 5.19. The Labute approximate surface area is 243 Å². The maximum atomic E-state index is 12.2. The second kappa shape index (κ2) is 9.82. The minimum atomic E-state index is -1.39. The molecule has 41 heavy (non-hydrogen) atoms. The van der Waals surface area contributed by atoms with E-state index in [1.807, 2.05) is 0 Å². The predicted octanol–water partition coefficient (Wildman–Crippen LogP) is 2.34. The van der Waals surface area contributed by atoms with Crippen molar-refractivity contribution in [1.82, 2.24) is 0 Å². The Kier molecular flexibility index (Phi) is 7.03. The molecule has 0 bridgehead atoms. The van der Waals surface area contributed by atoms with Crippen molar-refractivity contribution in [1.29, 1.82) is 0 Å². The summed E-state index contributed by atoms with van der Waals surface area (Å²) in [6.07, 6.45) is 1.31. The van der Waals surface area contributed by atoms with Gasteiger partial charge in [-0.3, -0.25) is 0 Å². The number of ether oxygens (including phenoxy) is 4. The highest BCUT2D eigenvalue weighted by atomic mass is 16.7. The third kappa shape index (κ3) is 4.06. The first-order chi connectivity index (χ1) is 19.3. The zero-order valence-electron chi connectivity index (χ0n) is 25.2. The second-order valence-corrected chi connectivity index (χ2v) is 15.7. The van der Waals surface area contributed by atoms with E-state index >= 15 is 0 Å². The Morgan fingerprint density at radius 3 is 2.37 bits per heavy atom. The van der Waals surface area contributed by atoms with Crippen LogP contribution in [0.3, 0.4) is 0 Å². The van der Waals surface area contributed by atoms with E-state index in [9.17, 15) is 25.5 Å². The van der Waals surface area contributed by atoms with E-state index in [1.54, 1.807) is 0 Å². The SMILES string of the molecule is CC1CCC2(OC1)OC1CC3C4CC[C@]5(O)C[C@@H](O[C@@H]6OC[C@@H](O)[C@@H](O)[C@H]6O)C[C@@H](O)C5(C)C4CCC3(C)C1C2C. The van der Waals surface area contributed by atoms with Gasteiger partial charge in [-0.2, -0.15) is 0 Å². The molecule has 0 aromatic carbocycles. The van der Waals surface area contributed by atoms with Gasteiger partial charge in [0, 0.05) is 30.6 Å². The number of rotatable bonds is 2. The molecule has 0 radical (unpaired) electrons. The van der Waals surface area contributed by atoms with E-state index in [4.69, 9.17) is 18.9 Å². The van der Waals surface area contributed by atoms with E-state index in [2.05, 4.69) is 27.7 Å². The van der Waals surface area contributed by atoms with Gasteiger partial charge in [0.25, 0.3) is 0 Å². The van der Waals surface area contributed by atoms with Crippen molar-refractivity contribution in [2.45, 2.75) is 140 Å². The molecule has 1 spiro atoms. The molecule has 4 aliphatic carbocycles. The lowest BCUT2D eigenvalue weighted by atomic mass is 9.42. The fourth-order valence-electron chi connectivity index (χ4n) is 11.5. The quantitative estimate of drug-likeness (QED) is 0.312. The van der Waals surface area contributed by atoms with Crippen LogP contribution in [0.5, 0.6) is 0 Å². The van der Waals surface area contributed by atoms with Gasteiger partial charge in [-0.1, -0.05) is 27.7 Å². The number of aliphatic hydroxyl groups excluding tert-OH is 4. The topological polar surface area (TPSA) is 138 Å². The van der Waals surface area contributed by atoms with E-state index in [0.29, 0.717) is 48.9 Å². The van der Waals surface area contributed by atoms with Crippen LogP contribution in [-0.2, 0) is 18.9 Å². The maximum Gasteiger partial charge on any atom is 0.186 e. The van der Waals surface area contributed by atoms with E-state index in [-0.39, 0.29) is 24.0 Å². The van der Waals surface area contributed by atoms with Gasteiger partial charge in [-0.25, -0.2) is 0 Å². The van der Waals surface area contributed by atoms with E-state index in [0.717, 1.165) is 45.1 Å². The lowest BCUT2D eigenvalue weighted by Crippen LogP contribution is -2.68. The van der Waals surface area contributed by atoms with Crippen molar-refractivity contribution >= 4 is 0 Å². The van der Waals surface area contributed by atoms with Crippen LogP contribution in [0.25, 0.3) is 0 Å². The Hall–Kier alpha value is -0.360. The number of fused-ring (bicyclic) bond motifs is 7. The van der Waals surface area contributed by atoms with Crippen molar-refractivity contribution in [2.24, 2.45) is 46.3 Å². The smallest absolute Gasteiger partial charge is 0.186 e. The van der Waals surface area contributed by atoms with Gasteiger partial charge in [0.2, 0.25) is 0 Å². The Morgan fingerprint density at radius 2 is 1.63 bits per heavy atom. The second-order valence-electron chi connectivity index (χ2n) is 15.7. The van der Waals surface area contributed by atoms with Crippen LogP contribution in [0.4, 0.5) is 0 Å². The van der Waals surface area contributed by atoms with Crippen molar-refractivity contribution in [3.63, 3.8) is 0 Å². The van der Waals surface area contributed by atoms with Crippen molar-refractivity contribution < 1.29 is 44.5 Å². The average molecular weight is 581 g/mol. The number of hydrogen-bond acceptors (Lipinski definition) is 9. The summed E-state index contributed by atoms with van der Waals surface area (Å²) >= 11 is 0. The summed E-state index contributed by atoms with van der Waals surface area (Å²) in [5.74, 6) is 2.13. The number of aliphatic hydroxyl groups is 5. The maximum absolute atomic E-state index is 12.2. The molecular formula is C32H52O9. The van der Waals surface area contributed by atoms with Crippen LogP contribution in [-0.4, -0.2) is 93.0 Å². The summed E-state index contributed by atoms with van der Waals surface area (Å²) in [7, 11) is 0. The zero-order chi connectivity index (χ0) is 29.1. The molecule has 234 valence electrons. The van der Waals surface area contributed by atoms with Crippen LogP contribution in [0.15, 0.2) is 0 Å². The minimum absolute atomic E-state index is 0.138. The first-order valence-corrected chi connectivity index (χ1v) is 16.4. The predicted molar refractivity (Wildman–Crippen MR) is 147 cm³/mol. The first kappa shape index (κ1) is 29.4. The lowest BCUT2D eigenvalue weighted by molar-refractivity contribution is -0.312. The molecule has 7 fully saturated rings. The summed E-state index contributed by atoms with van der Waals surface area (Å²) in [6.45, 7) is 9.85. The molecule has 7 aliphatic rings. The molecular weight excluding hydrogens is 528 g/mol. The normalized spacial score (nSPS) is 62.1. The molecule has 0 amide bonds. The summed E-state index contributed by atoms with van der Waals surface area (Å²) < 4.78 is 24.9. The fourth-order valence-corrected chi connectivity index (χ4v) is 11.5. The standard InChI is InChI=1S/C32H52O9/c1-16-5-10-32(39-14-16)17(2)25-23(41-32)12-21-19-6-9-31(37)13-18(40-28-27(36)26(35)22(33)15-38-28)11-24(34)30(31,4)20(19)7-8-29(21,25)3/h16-28,33-37H,5-15H2,1-4H3/t16?,17?,18-,19?,20?,21?,22+,23?,24+,25?,26+,27+,28-,29?,30?,31-,32?/m0/s1. The van der Waals surface area contributed by atoms with Gasteiger partial charge < -0.3 is 44.5 Å². The van der Waals surface area contributed by atoms with Crippen LogP contribution in [0.2, 0.25) is 0 Å². The summed E-state index contributed by atoms with van der Waals surface area (Å²) in [5.41, 5.74) is -1.60. The lowest BCUT2D eigenvalue weighted by Gasteiger charge is -2.65. The summed E-state index contributed by atoms with van der Waals surface area (Å²) in [4.78, 5) is 0. The van der Waals surface area contributed by atoms with Crippen LogP contribution in [0, 0.1) is 46.3 Å². The van der Waals surface area contributed by atoms with Crippen molar-refractivity contribution in [3.05, 3.63) is 0 Å². The summed E-state index contributed by atoms with van der Waals surface area (Å²) in [6, 6.07) is 0. The van der Waals surface area contributed by atoms with Gasteiger partial charge in [-0.15, -0.1) is 0 Å². The van der Waals surface area contributed by atoms with Gasteiger partial charge in [-0.05, 0) is 73.5 Å². The molecule has 3 saturated heterocycles. The highest BCUT2D eigenvalue weighted by Crippen LogP contribution is 2.72. The molecule has 9 nitrogen and oxygen atoms in total. The van der Waals surface area contributed by atoms with E-state index < -0.39 is 53.6 Å². The van der Waals surface area contributed by atoms with Gasteiger partial charge in [0.15, 0.2) is 12.1 Å². The summed E-state index contributed by atoms with van der Waals surface area (Å²) in [5, 5.41) is 54.3. The third-order valence-electron chi connectivity index (χ3n) is 13.9. The molecule has 7 rings (SSSR count). The van der Waals surface area contributed by atoms with Crippen molar-refractivity contribution in [2.75, 3.05) is 13.2 Å². The monoisotopic (exact) mass is 580 g/mol. The largest absolute Gasteiger partial charge is 0.392 e. The van der Waals surface area contributed by atoms with Gasteiger partial charge in [0.05, 0.1) is 37.1 Å². The number of hydrogen-bond donors (Lipinski definition) is 5. The Bertz CT molecular complexity index is 1000. The highest BCUT2D eigenvalue weighted by Gasteiger charge is 2.72. The first-order valence-electron chi connectivity index (χ1n) is 16.4. The molecule has 3 aliphatic heterocycles. The minimum Gasteiger partial charge on any atom is -0.392 e. The Balaban J connectivity index is 1.08. The molecule has 0 aromatic rings. The zero-order valence-corrected chi connectivity index (χ0v) is 25.2. The molecule has 17 atom stereocenters. The van der Waals surface area contributed by atoms with Gasteiger partial charge >= 0.3 is 0 Å². The fraction of sp³-hybridized carbons (Fsp3) is 1.00. The third-order valence-corrected chi connectivity index (χ3v) is 13.9. The Morgan fingerprint density at radius 1 is 0.854 bits per heavy atom. The van der Waals surface area contributed by atoms with Crippen LogP contribution in [0.1, 0.15) is 85.5 Å². The molecule has 0 aromatic heterocycles. The molecule has 4 saturated carbocycles. The van der Waals surface area contributed by atoms with Crippen LogP contribution < -0.4 is 0 Å². The average Bonchev–Trinajstić information content (AvgIpc) is 3.37. The molecule has 9 heteroatoms. The molecule has 10 unspecified atom stereocenters. The van der Waals surface area contributed by atoms with Crippen LogP contribution >= 0.6 is 0 Å². The molecule has 5 N–H and O–H groups in total. The molecule has 3 heterocycles. The van der Waals surface area contributed by atoms with Crippen molar-refractivity contribution in [3.8, 4) is 0 Å². The van der Waals surface area contributed by atoms with E-state index in [1.165, 1.54) is 0 Å².